The molecule has 1 amide bonds. The van der Waals surface area contributed by atoms with Gasteiger partial charge in [-0.3, -0.25) is 14.5 Å². The van der Waals surface area contributed by atoms with E-state index in [1.54, 1.807) is 32.4 Å². The van der Waals surface area contributed by atoms with Crippen LogP contribution in [0.5, 0.6) is 11.5 Å². The number of carboxylic acid groups (broad SMARTS) is 1. The molecule has 1 aromatic rings. The minimum Gasteiger partial charge on any atom is -0.495 e. The molecule has 6 nitrogen and oxygen atoms in total. The van der Waals surface area contributed by atoms with Gasteiger partial charge in [-0.25, -0.2) is 0 Å². The van der Waals surface area contributed by atoms with Crippen molar-refractivity contribution in [2.24, 2.45) is 0 Å². The molecule has 2 rings (SSSR count). The molecule has 0 unspecified atom stereocenters. The van der Waals surface area contributed by atoms with Crippen LogP contribution in [0.15, 0.2) is 21.5 Å². The predicted octanol–water partition coefficient (Wildman–Crippen LogP) is 3.53. The highest BCUT2D eigenvalue weighted by molar-refractivity contribution is 9.10. The zero-order valence-corrected chi connectivity index (χ0v) is 16.8. The van der Waals surface area contributed by atoms with Crippen LogP contribution in [0, 0.1) is 0 Å². The standard InChI is InChI=1S/C16H16BrNO5S2/c1-22-10-6-9(7-11(23-2)14(10)17)8-12-15(21)18(16(24)25-12)5-3-4-13(19)20/h6-8H,3-5H2,1-2H3,(H,19,20). The molecule has 1 fully saturated rings. The number of hydrogen-bond donors (Lipinski definition) is 1. The molecule has 1 saturated heterocycles. The highest BCUT2D eigenvalue weighted by atomic mass is 79.9. The van der Waals surface area contributed by atoms with Crippen LogP contribution in [0.4, 0.5) is 0 Å². The highest BCUT2D eigenvalue weighted by Gasteiger charge is 2.31. The maximum Gasteiger partial charge on any atom is 0.303 e. The number of nitrogens with zero attached hydrogens (tertiary/aromatic N) is 1. The van der Waals surface area contributed by atoms with Gasteiger partial charge in [0.15, 0.2) is 0 Å². The zero-order chi connectivity index (χ0) is 18.6. The van der Waals surface area contributed by atoms with Crippen LogP contribution in [0.2, 0.25) is 0 Å². The summed E-state index contributed by atoms with van der Waals surface area (Å²) in [5.74, 6) is 0.0568. The van der Waals surface area contributed by atoms with Gasteiger partial charge in [-0.2, -0.15) is 0 Å². The minimum atomic E-state index is -0.893. The Kier molecular flexibility index (Phi) is 6.86. The molecule has 0 saturated carbocycles. The molecule has 1 N–H and O–H groups in total. The average Bonchev–Trinajstić information content (AvgIpc) is 2.83. The Morgan fingerprint density at radius 2 is 1.96 bits per heavy atom. The Hall–Kier alpha value is -1.58. The predicted molar refractivity (Wildman–Crippen MR) is 104 cm³/mol. The number of thiocarbonyl (C=S) groups is 1. The van der Waals surface area contributed by atoms with E-state index in [1.165, 1.54) is 16.7 Å². The average molecular weight is 446 g/mol. The quantitative estimate of drug-likeness (QED) is 0.507. The van der Waals surface area contributed by atoms with Crippen LogP contribution in [-0.4, -0.2) is 47.0 Å². The van der Waals surface area contributed by atoms with Crippen molar-refractivity contribution in [2.75, 3.05) is 20.8 Å². The van der Waals surface area contributed by atoms with Gasteiger partial charge in [0.25, 0.3) is 5.91 Å². The molecule has 1 heterocycles. The molecule has 134 valence electrons. The van der Waals surface area contributed by atoms with Gasteiger partial charge in [0.2, 0.25) is 0 Å². The molecule has 9 heteroatoms. The summed E-state index contributed by atoms with van der Waals surface area (Å²) in [6.07, 6.45) is 2.07. The summed E-state index contributed by atoms with van der Waals surface area (Å²) in [5.41, 5.74) is 0.739. The number of carbonyl (C=O) groups excluding carboxylic acids is 1. The van der Waals surface area contributed by atoms with Crippen LogP contribution in [-0.2, 0) is 9.59 Å². The summed E-state index contributed by atoms with van der Waals surface area (Å²) in [4.78, 5) is 25.0. The van der Waals surface area contributed by atoms with Gasteiger partial charge in [0.1, 0.15) is 20.3 Å². The fourth-order valence-electron chi connectivity index (χ4n) is 2.21. The second-order valence-electron chi connectivity index (χ2n) is 5.07. The summed E-state index contributed by atoms with van der Waals surface area (Å²) in [7, 11) is 3.09. The van der Waals surface area contributed by atoms with Crippen LogP contribution < -0.4 is 9.47 Å². The van der Waals surface area contributed by atoms with E-state index in [0.717, 1.165) is 5.56 Å². The lowest BCUT2D eigenvalue weighted by molar-refractivity contribution is -0.137. The Balaban J connectivity index is 2.23. The zero-order valence-electron chi connectivity index (χ0n) is 13.6. The van der Waals surface area contributed by atoms with Crippen molar-refractivity contribution in [2.45, 2.75) is 12.8 Å². The molecular formula is C16H16BrNO5S2. The number of carbonyl (C=O) groups is 2. The third-order valence-corrected chi connectivity index (χ3v) is 5.57. The van der Waals surface area contributed by atoms with Gasteiger partial charge in [0.05, 0.1) is 19.1 Å². The molecule has 0 atom stereocenters. The number of aliphatic carboxylic acids is 1. The first-order chi connectivity index (χ1) is 11.9. The van der Waals surface area contributed by atoms with E-state index >= 15 is 0 Å². The maximum atomic E-state index is 12.5. The van der Waals surface area contributed by atoms with Crippen LogP contribution in [0.25, 0.3) is 6.08 Å². The first kappa shape index (κ1) is 19.7. The molecule has 0 spiro atoms. The number of ether oxygens (including phenoxy) is 2. The van der Waals surface area contributed by atoms with Gasteiger partial charge < -0.3 is 14.6 Å². The number of carboxylic acids is 1. The number of halogens is 1. The first-order valence-electron chi connectivity index (χ1n) is 7.26. The monoisotopic (exact) mass is 445 g/mol. The van der Waals surface area contributed by atoms with Gasteiger partial charge in [-0.1, -0.05) is 24.0 Å². The van der Waals surface area contributed by atoms with E-state index in [4.69, 9.17) is 26.8 Å². The second kappa shape index (κ2) is 8.68. The van der Waals surface area contributed by atoms with E-state index in [-0.39, 0.29) is 12.3 Å². The number of methoxy groups -OCH3 is 2. The van der Waals surface area contributed by atoms with Gasteiger partial charge in [-0.15, -0.1) is 0 Å². The van der Waals surface area contributed by atoms with Gasteiger partial charge in [-0.05, 0) is 46.1 Å². The molecule has 0 aliphatic carbocycles. The van der Waals surface area contributed by atoms with Crippen molar-refractivity contribution < 1.29 is 24.2 Å². The largest absolute Gasteiger partial charge is 0.495 e. The number of thioether (sulfide) groups is 1. The summed E-state index contributed by atoms with van der Waals surface area (Å²) in [6, 6.07) is 3.56. The summed E-state index contributed by atoms with van der Waals surface area (Å²) < 4.78 is 11.7. The van der Waals surface area contributed by atoms with E-state index in [0.29, 0.717) is 38.2 Å². The van der Waals surface area contributed by atoms with Crippen molar-refractivity contribution in [1.82, 2.24) is 4.90 Å². The number of amides is 1. The van der Waals surface area contributed by atoms with E-state index < -0.39 is 5.97 Å². The lowest BCUT2D eigenvalue weighted by Crippen LogP contribution is -2.29. The fraction of sp³-hybridized carbons (Fsp3) is 0.312. The summed E-state index contributed by atoms with van der Waals surface area (Å²) >= 11 is 9.83. The van der Waals surface area contributed by atoms with Crippen LogP contribution in [0.3, 0.4) is 0 Å². The number of benzene rings is 1. The second-order valence-corrected chi connectivity index (χ2v) is 7.54. The van der Waals surface area contributed by atoms with Crippen molar-refractivity contribution >= 4 is 62.2 Å². The number of hydrogen-bond acceptors (Lipinski definition) is 6. The Morgan fingerprint density at radius 1 is 1.36 bits per heavy atom. The lowest BCUT2D eigenvalue weighted by Gasteiger charge is -2.13. The summed E-state index contributed by atoms with van der Waals surface area (Å²) in [5, 5.41) is 8.71. The molecular weight excluding hydrogens is 430 g/mol. The van der Waals surface area contributed by atoms with E-state index in [1.807, 2.05) is 0 Å². The van der Waals surface area contributed by atoms with E-state index in [9.17, 15) is 9.59 Å². The molecule has 1 aromatic carbocycles. The van der Waals surface area contributed by atoms with Crippen LogP contribution >= 0.6 is 39.9 Å². The molecule has 0 aromatic heterocycles. The van der Waals surface area contributed by atoms with Gasteiger partial charge >= 0.3 is 5.97 Å². The van der Waals surface area contributed by atoms with Gasteiger partial charge in [0, 0.05) is 13.0 Å². The summed E-state index contributed by atoms with van der Waals surface area (Å²) in [6.45, 7) is 0.293. The lowest BCUT2D eigenvalue weighted by atomic mass is 10.1. The Morgan fingerprint density at radius 3 is 2.48 bits per heavy atom. The van der Waals surface area contributed by atoms with Crippen LogP contribution in [0.1, 0.15) is 18.4 Å². The molecule has 0 radical (unpaired) electrons. The van der Waals surface area contributed by atoms with Crippen molar-refractivity contribution in [3.05, 3.63) is 27.1 Å². The molecule has 1 aliphatic rings. The highest BCUT2D eigenvalue weighted by Crippen LogP contribution is 2.38. The number of rotatable bonds is 7. The molecule has 1 aliphatic heterocycles. The normalized spacial score (nSPS) is 15.8. The minimum absolute atomic E-state index is 0.00276. The molecule has 25 heavy (non-hydrogen) atoms. The molecule has 0 bridgehead atoms. The Bertz CT molecular complexity index is 725. The first-order valence-corrected chi connectivity index (χ1v) is 9.27. The Labute approximate surface area is 163 Å². The van der Waals surface area contributed by atoms with Crippen molar-refractivity contribution in [3.8, 4) is 11.5 Å². The third-order valence-electron chi connectivity index (χ3n) is 3.41. The van der Waals surface area contributed by atoms with Crippen molar-refractivity contribution in [3.63, 3.8) is 0 Å². The topological polar surface area (TPSA) is 76.1 Å². The SMILES string of the molecule is COc1cc(C=C2SC(=S)N(CCCC(=O)O)C2=O)cc(OC)c1Br. The van der Waals surface area contributed by atoms with E-state index in [2.05, 4.69) is 15.9 Å². The maximum absolute atomic E-state index is 12.5. The van der Waals surface area contributed by atoms with Crippen molar-refractivity contribution in [1.29, 1.82) is 0 Å². The fourth-order valence-corrected chi connectivity index (χ4v) is 4.07. The smallest absolute Gasteiger partial charge is 0.303 e. The third kappa shape index (κ3) is 4.74.